The summed E-state index contributed by atoms with van der Waals surface area (Å²) < 4.78 is 0. The van der Waals surface area contributed by atoms with Crippen molar-refractivity contribution in [2.45, 2.75) is 6.42 Å². The van der Waals surface area contributed by atoms with E-state index in [1.807, 2.05) is 0 Å². The molecular formula is C7H10N2O3. The van der Waals surface area contributed by atoms with Gasteiger partial charge in [-0.05, 0) is 6.42 Å². The van der Waals surface area contributed by atoms with Gasteiger partial charge in [0.2, 0.25) is 18.7 Å². The maximum Gasteiger partial charge on any atom is 0.231 e. The first kappa shape index (κ1) is 8.70. The molecule has 0 aromatic heterocycles. The Balaban J connectivity index is 2.40. The highest BCUT2D eigenvalue weighted by molar-refractivity contribution is 5.88. The van der Waals surface area contributed by atoms with Crippen molar-refractivity contribution in [3.63, 3.8) is 0 Å². The summed E-state index contributed by atoms with van der Waals surface area (Å²) in [5.74, 6) is -0.519. The molecule has 0 aliphatic carbocycles. The highest BCUT2D eigenvalue weighted by Gasteiger charge is 2.26. The molecule has 0 saturated carbocycles. The topological polar surface area (TPSA) is 66.5 Å². The molecule has 66 valence electrons. The number of rotatable bonds is 3. The summed E-state index contributed by atoms with van der Waals surface area (Å²) in [6.07, 6.45) is 1.72. The molecule has 5 nitrogen and oxygen atoms in total. The van der Waals surface area contributed by atoms with Crippen molar-refractivity contribution in [1.82, 2.24) is 10.2 Å². The number of hydrogen-bond donors (Lipinski definition) is 1. The highest BCUT2D eigenvalue weighted by atomic mass is 16.2. The minimum atomic E-state index is -0.297. The van der Waals surface area contributed by atoms with Crippen molar-refractivity contribution in [3.05, 3.63) is 0 Å². The zero-order chi connectivity index (χ0) is 8.97. The third-order valence-corrected chi connectivity index (χ3v) is 1.94. The van der Waals surface area contributed by atoms with Crippen LogP contribution in [0, 0.1) is 5.92 Å². The predicted octanol–water partition coefficient (Wildman–Crippen LogP) is -1.26. The Morgan fingerprint density at radius 2 is 2.25 bits per heavy atom. The van der Waals surface area contributed by atoms with E-state index < -0.39 is 0 Å². The van der Waals surface area contributed by atoms with Gasteiger partial charge in [-0.25, -0.2) is 0 Å². The van der Waals surface area contributed by atoms with Crippen molar-refractivity contribution in [3.8, 4) is 0 Å². The van der Waals surface area contributed by atoms with E-state index in [0.717, 1.165) is 0 Å². The van der Waals surface area contributed by atoms with Gasteiger partial charge >= 0.3 is 0 Å². The molecule has 0 spiro atoms. The molecule has 1 heterocycles. The van der Waals surface area contributed by atoms with Crippen LogP contribution in [0.4, 0.5) is 0 Å². The second kappa shape index (κ2) is 3.85. The monoisotopic (exact) mass is 170 g/mol. The van der Waals surface area contributed by atoms with Crippen LogP contribution in [0.1, 0.15) is 6.42 Å². The molecule has 1 unspecified atom stereocenters. The van der Waals surface area contributed by atoms with E-state index >= 15 is 0 Å². The second-order valence-electron chi connectivity index (χ2n) is 2.71. The number of nitrogens with zero attached hydrogens (tertiary/aromatic N) is 1. The van der Waals surface area contributed by atoms with Crippen molar-refractivity contribution in [2.24, 2.45) is 5.92 Å². The van der Waals surface area contributed by atoms with E-state index in [4.69, 9.17) is 0 Å². The fraction of sp³-hybridized carbons (Fsp3) is 0.571. The number of hydrogen-bond acceptors (Lipinski definition) is 3. The van der Waals surface area contributed by atoms with Gasteiger partial charge in [0.05, 0.1) is 5.92 Å². The summed E-state index contributed by atoms with van der Waals surface area (Å²) in [5, 5.41) is 2.07. The van der Waals surface area contributed by atoms with E-state index in [9.17, 15) is 14.4 Å². The van der Waals surface area contributed by atoms with Crippen LogP contribution in [0.5, 0.6) is 0 Å². The van der Waals surface area contributed by atoms with Crippen molar-refractivity contribution < 1.29 is 14.4 Å². The SMILES string of the molecule is O=CNC(=O)C1CCN(C=O)C1. The van der Waals surface area contributed by atoms with Crippen LogP contribution in [0.25, 0.3) is 0 Å². The lowest BCUT2D eigenvalue weighted by atomic mass is 10.1. The van der Waals surface area contributed by atoms with E-state index in [-0.39, 0.29) is 11.8 Å². The zero-order valence-corrected chi connectivity index (χ0v) is 6.53. The van der Waals surface area contributed by atoms with Gasteiger partial charge in [0.1, 0.15) is 0 Å². The minimum absolute atomic E-state index is 0.222. The number of nitrogens with one attached hydrogen (secondary N) is 1. The average Bonchev–Trinajstić information content (AvgIpc) is 2.52. The Morgan fingerprint density at radius 1 is 1.50 bits per heavy atom. The van der Waals surface area contributed by atoms with Gasteiger partial charge in [0.25, 0.3) is 0 Å². The molecule has 1 saturated heterocycles. The molecule has 0 aromatic carbocycles. The van der Waals surface area contributed by atoms with Crippen LogP contribution in [-0.2, 0) is 14.4 Å². The normalized spacial score (nSPS) is 22.0. The van der Waals surface area contributed by atoms with E-state index in [2.05, 4.69) is 5.32 Å². The van der Waals surface area contributed by atoms with Crippen LogP contribution in [0.2, 0.25) is 0 Å². The molecule has 0 aromatic rings. The van der Waals surface area contributed by atoms with Gasteiger partial charge in [-0.1, -0.05) is 0 Å². The maximum absolute atomic E-state index is 11.0. The van der Waals surface area contributed by atoms with Gasteiger partial charge in [-0.2, -0.15) is 0 Å². The standard InChI is InChI=1S/C7H10N2O3/c10-4-8-7(12)6-1-2-9(3-6)5-11/h4-6H,1-3H2,(H,8,10,12). The lowest BCUT2D eigenvalue weighted by Gasteiger charge is -2.07. The molecule has 1 aliphatic heterocycles. The molecule has 1 atom stereocenters. The first-order valence-electron chi connectivity index (χ1n) is 3.71. The molecule has 1 aliphatic rings. The smallest absolute Gasteiger partial charge is 0.231 e. The molecular weight excluding hydrogens is 160 g/mol. The first-order valence-corrected chi connectivity index (χ1v) is 3.71. The summed E-state index contributed by atoms with van der Waals surface area (Å²) >= 11 is 0. The van der Waals surface area contributed by atoms with Gasteiger partial charge in [0.15, 0.2) is 0 Å². The summed E-state index contributed by atoms with van der Waals surface area (Å²) in [6, 6.07) is 0. The number of likely N-dealkylation sites (tertiary alicyclic amines) is 1. The second-order valence-corrected chi connectivity index (χ2v) is 2.71. The minimum Gasteiger partial charge on any atom is -0.344 e. The Bertz CT molecular complexity index is 205. The summed E-state index contributed by atoms with van der Waals surface area (Å²) in [6.45, 7) is 1.02. The molecule has 12 heavy (non-hydrogen) atoms. The Kier molecular flexibility index (Phi) is 2.79. The van der Waals surface area contributed by atoms with Crippen LogP contribution in [-0.4, -0.2) is 36.7 Å². The Hall–Kier alpha value is -1.39. The quantitative estimate of drug-likeness (QED) is 0.537. The summed E-state index contributed by atoms with van der Waals surface area (Å²) in [7, 11) is 0. The fourth-order valence-electron chi connectivity index (χ4n) is 1.27. The maximum atomic E-state index is 11.0. The molecule has 1 fully saturated rings. The van der Waals surface area contributed by atoms with Gasteiger partial charge in [-0.3, -0.25) is 19.7 Å². The molecule has 3 amide bonds. The fourth-order valence-corrected chi connectivity index (χ4v) is 1.27. The third kappa shape index (κ3) is 1.81. The molecule has 5 heteroatoms. The number of carbonyl (C=O) groups is 3. The van der Waals surface area contributed by atoms with E-state index in [1.54, 1.807) is 0 Å². The zero-order valence-electron chi connectivity index (χ0n) is 6.53. The van der Waals surface area contributed by atoms with Crippen LogP contribution in [0.3, 0.4) is 0 Å². The van der Waals surface area contributed by atoms with Gasteiger partial charge in [0, 0.05) is 13.1 Å². The number of carbonyl (C=O) groups excluding carboxylic acids is 3. The molecule has 0 radical (unpaired) electrons. The third-order valence-electron chi connectivity index (χ3n) is 1.94. The first-order chi connectivity index (χ1) is 5.77. The van der Waals surface area contributed by atoms with Crippen molar-refractivity contribution in [2.75, 3.05) is 13.1 Å². The Labute approximate surface area is 69.7 Å². The van der Waals surface area contributed by atoms with Crippen LogP contribution < -0.4 is 5.32 Å². The van der Waals surface area contributed by atoms with Gasteiger partial charge < -0.3 is 4.90 Å². The average molecular weight is 170 g/mol. The van der Waals surface area contributed by atoms with Crippen LogP contribution in [0.15, 0.2) is 0 Å². The number of amides is 3. The van der Waals surface area contributed by atoms with Crippen molar-refractivity contribution >= 4 is 18.7 Å². The molecule has 1 rings (SSSR count). The lowest BCUT2D eigenvalue weighted by Crippen LogP contribution is -2.31. The highest BCUT2D eigenvalue weighted by Crippen LogP contribution is 2.13. The molecule has 1 N–H and O–H groups in total. The van der Waals surface area contributed by atoms with Crippen LogP contribution >= 0.6 is 0 Å². The summed E-state index contributed by atoms with van der Waals surface area (Å²) in [4.78, 5) is 32.7. The van der Waals surface area contributed by atoms with E-state index in [0.29, 0.717) is 32.3 Å². The predicted molar refractivity (Wildman–Crippen MR) is 40.0 cm³/mol. The number of imide groups is 1. The van der Waals surface area contributed by atoms with Gasteiger partial charge in [-0.15, -0.1) is 0 Å². The Morgan fingerprint density at radius 3 is 2.75 bits per heavy atom. The largest absolute Gasteiger partial charge is 0.344 e. The van der Waals surface area contributed by atoms with E-state index in [1.165, 1.54) is 4.90 Å². The summed E-state index contributed by atoms with van der Waals surface area (Å²) in [5.41, 5.74) is 0. The lowest BCUT2D eigenvalue weighted by molar-refractivity contribution is -0.128. The van der Waals surface area contributed by atoms with Crippen molar-refractivity contribution in [1.29, 1.82) is 0 Å². The molecule has 0 bridgehead atoms.